The number of nitrogens with one attached hydrogen (secondary N) is 2. The van der Waals surface area contributed by atoms with Crippen LogP contribution in [0, 0.1) is 0 Å². The molecular formula is C21H19ClN2O6S2. The lowest BCUT2D eigenvalue weighted by atomic mass is 10.1. The van der Waals surface area contributed by atoms with Gasteiger partial charge in [0.2, 0.25) is 10.0 Å². The molecule has 3 rings (SSSR count). The number of rotatable bonds is 8. The number of sulfonamides is 2. The number of benzene rings is 3. The summed E-state index contributed by atoms with van der Waals surface area (Å²) in [7, 11) is -6.39. The van der Waals surface area contributed by atoms with E-state index in [0.717, 1.165) is 0 Å². The Morgan fingerprint density at radius 2 is 1.53 bits per heavy atom. The molecule has 2 N–H and O–H groups in total. The van der Waals surface area contributed by atoms with E-state index in [-0.39, 0.29) is 16.3 Å². The van der Waals surface area contributed by atoms with Crippen molar-refractivity contribution in [1.29, 1.82) is 0 Å². The van der Waals surface area contributed by atoms with Gasteiger partial charge in [-0.25, -0.2) is 21.6 Å². The van der Waals surface area contributed by atoms with Crippen LogP contribution in [0.4, 0.5) is 11.4 Å². The summed E-state index contributed by atoms with van der Waals surface area (Å²) in [4.78, 5) is 11.4. The Labute approximate surface area is 191 Å². The van der Waals surface area contributed by atoms with Gasteiger partial charge >= 0.3 is 5.97 Å². The van der Waals surface area contributed by atoms with Crippen LogP contribution in [0.1, 0.15) is 15.9 Å². The number of hydrogen-bond acceptors (Lipinski definition) is 6. The normalized spacial score (nSPS) is 11.6. The maximum Gasteiger partial charge on any atom is 0.337 e. The number of halogens is 1. The third-order valence-corrected chi connectivity index (χ3v) is 7.14. The van der Waals surface area contributed by atoms with E-state index in [9.17, 15) is 21.6 Å². The molecule has 0 amide bonds. The molecule has 8 nitrogen and oxygen atoms in total. The number of ether oxygens (including phenoxy) is 1. The molecule has 3 aromatic rings. The summed E-state index contributed by atoms with van der Waals surface area (Å²) in [5, 5.41) is 0.384. The highest BCUT2D eigenvalue weighted by molar-refractivity contribution is 7.92. The lowest BCUT2D eigenvalue weighted by molar-refractivity contribution is 0.0600. The van der Waals surface area contributed by atoms with Crippen molar-refractivity contribution in [1.82, 2.24) is 0 Å². The molecule has 0 bridgehead atoms. The third-order valence-electron chi connectivity index (χ3n) is 4.25. The van der Waals surface area contributed by atoms with Gasteiger partial charge < -0.3 is 4.74 Å². The second kappa shape index (κ2) is 9.60. The first kappa shape index (κ1) is 23.6. The summed E-state index contributed by atoms with van der Waals surface area (Å²) in [6.07, 6.45) is 0. The van der Waals surface area contributed by atoms with Crippen molar-refractivity contribution in [2.45, 2.75) is 10.6 Å². The molecule has 11 heteroatoms. The first-order chi connectivity index (χ1) is 15.1. The Balaban J connectivity index is 1.68. The van der Waals surface area contributed by atoms with Crippen molar-refractivity contribution >= 4 is 49.0 Å². The predicted molar refractivity (Wildman–Crippen MR) is 123 cm³/mol. The summed E-state index contributed by atoms with van der Waals surface area (Å²) >= 11 is 5.87. The fourth-order valence-corrected chi connectivity index (χ4v) is 5.20. The summed E-state index contributed by atoms with van der Waals surface area (Å²) in [5.74, 6) is -0.845. The highest BCUT2D eigenvalue weighted by atomic mass is 35.5. The van der Waals surface area contributed by atoms with E-state index < -0.39 is 26.0 Å². The first-order valence-electron chi connectivity index (χ1n) is 9.14. The summed E-state index contributed by atoms with van der Waals surface area (Å²) in [6, 6.07) is 17.5. The Kier molecular flexibility index (Phi) is 7.07. The van der Waals surface area contributed by atoms with E-state index in [1.165, 1.54) is 61.7 Å². The maximum atomic E-state index is 12.5. The monoisotopic (exact) mass is 494 g/mol. The van der Waals surface area contributed by atoms with Crippen LogP contribution in [-0.2, 0) is 30.5 Å². The van der Waals surface area contributed by atoms with Crippen molar-refractivity contribution < 1.29 is 26.4 Å². The van der Waals surface area contributed by atoms with Gasteiger partial charge in [-0.3, -0.25) is 9.44 Å². The van der Waals surface area contributed by atoms with Gasteiger partial charge in [-0.2, -0.15) is 0 Å². The van der Waals surface area contributed by atoms with Crippen LogP contribution in [0.5, 0.6) is 0 Å². The van der Waals surface area contributed by atoms with Crippen molar-refractivity contribution in [2.24, 2.45) is 0 Å². The van der Waals surface area contributed by atoms with Gasteiger partial charge in [0.1, 0.15) is 0 Å². The molecule has 0 radical (unpaired) electrons. The number of carbonyl (C=O) groups excluding carboxylic acids is 1. The topological polar surface area (TPSA) is 119 Å². The minimum Gasteiger partial charge on any atom is -0.465 e. The molecule has 0 saturated heterocycles. The number of anilines is 2. The zero-order chi connectivity index (χ0) is 23.4. The van der Waals surface area contributed by atoms with Gasteiger partial charge in [0.15, 0.2) is 0 Å². The van der Waals surface area contributed by atoms with Crippen LogP contribution in [0.2, 0.25) is 5.02 Å². The van der Waals surface area contributed by atoms with Crippen molar-refractivity contribution in [3.63, 3.8) is 0 Å². The second-order valence-electron chi connectivity index (χ2n) is 6.69. The standard InChI is InChI=1S/C21H19ClN2O6S2/c1-30-21(25)16-7-5-15(6-8-16)14-31(26,27)23-18-9-11-20(12-10-18)32(28,29)24-19-4-2-3-17(22)13-19/h2-13,23-24H,14H2,1H3. The molecule has 0 aromatic heterocycles. The van der Waals surface area contributed by atoms with E-state index in [4.69, 9.17) is 11.6 Å². The third kappa shape index (κ3) is 6.22. The van der Waals surface area contributed by atoms with Crippen LogP contribution < -0.4 is 9.44 Å². The maximum absolute atomic E-state index is 12.5. The Bertz CT molecular complexity index is 1320. The van der Waals surface area contributed by atoms with E-state index in [1.807, 2.05) is 0 Å². The SMILES string of the molecule is COC(=O)c1ccc(CS(=O)(=O)Nc2ccc(S(=O)(=O)Nc3cccc(Cl)c3)cc2)cc1. The molecule has 0 unspecified atom stereocenters. The average molecular weight is 495 g/mol. The summed E-state index contributed by atoms with van der Waals surface area (Å²) in [5.41, 5.74) is 1.29. The Morgan fingerprint density at radius 3 is 2.12 bits per heavy atom. The quantitative estimate of drug-likeness (QED) is 0.459. The fourth-order valence-electron chi connectivity index (χ4n) is 2.76. The minimum absolute atomic E-state index is 0.0428. The largest absolute Gasteiger partial charge is 0.465 e. The first-order valence-corrected chi connectivity index (χ1v) is 12.7. The number of methoxy groups -OCH3 is 1. The molecule has 168 valence electrons. The van der Waals surface area contributed by atoms with Gasteiger partial charge in [0.25, 0.3) is 10.0 Å². The van der Waals surface area contributed by atoms with Gasteiger partial charge in [0, 0.05) is 10.7 Å². The summed E-state index contributed by atoms with van der Waals surface area (Å²) in [6.45, 7) is 0. The van der Waals surface area contributed by atoms with Crippen molar-refractivity contribution in [2.75, 3.05) is 16.6 Å². The molecule has 0 aliphatic heterocycles. The van der Waals surface area contributed by atoms with Crippen LogP contribution in [-0.4, -0.2) is 29.9 Å². The number of hydrogen-bond donors (Lipinski definition) is 2. The van der Waals surface area contributed by atoms with Crippen molar-refractivity contribution in [3.05, 3.63) is 88.9 Å². The molecule has 0 atom stereocenters. The zero-order valence-corrected chi connectivity index (χ0v) is 19.2. The highest BCUT2D eigenvalue weighted by Gasteiger charge is 2.16. The lowest BCUT2D eigenvalue weighted by Gasteiger charge is -2.11. The smallest absolute Gasteiger partial charge is 0.337 e. The van der Waals surface area contributed by atoms with E-state index >= 15 is 0 Å². The molecule has 3 aromatic carbocycles. The highest BCUT2D eigenvalue weighted by Crippen LogP contribution is 2.21. The fraction of sp³-hybridized carbons (Fsp3) is 0.0952. The molecular weight excluding hydrogens is 476 g/mol. The van der Waals surface area contributed by atoms with E-state index in [1.54, 1.807) is 18.2 Å². The molecule has 0 heterocycles. The number of carbonyl (C=O) groups is 1. The van der Waals surface area contributed by atoms with E-state index in [0.29, 0.717) is 21.8 Å². The lowest BCUT2D eigenvalue weighted by Crippen LogP contribution is -2.16. The molecule has 32 heavy (non-hydrogen) atoms. The Hall–Kier alpha value is -3.08. The molecule has 0 fully saturated rings. The number of esters is 1. The predicted octanol–water partition coefficient (Wildman–Crippen LogP) is 3.87. The average Bonchev–Trinajstić information content (AvgIpc) is 2.73. The molecule has 0 aliphatic carbocycles. The van der Waals surface area contributed by atoms with Gasteiger partial charge in [0.05, 0.1) is 29.0 Å². The van der Waals surface area contributed by atoms with Crippen LogP contribution in [0.15, 0.2) is 77.7 Å². The second-order valence-corrected chi connectivity index (χ2v) is 10.5. The van der Waals surface area contributed by atoms with Crippen LogP contribution >= 0.6 is 11.6 Å². The van der Waals surface area contributed by atoms with Gasteiger partial charge in [-0.05, 0) is 60.2 Å². The van der Waals surface area contributed by atoms with E-state index in [2.05, 4.69) is 14.2 Å². The van der Waals surface area contributed by atoms with Gasteiger partial charge in [-0.15, -0.1) is 0 Å². The Morgan fingerprint density at radius 1 is 0.875 bits per heavy atom. The molecule has 0 aliphatic rings. The van der Waals surface area contributed by atoms with Crippen molar-refractivity contribution in [3.8, 4) is 0 Å². The molecule has 0 spiro atoms. The van der Waals surface area contributed by atoms with Crippen LogP contribution in [0.3, 0.4) is 0 Å². The van der Waals surface area contributed by atoms with Gasteiger partial charge in [-0.1, -0.05) is 29.8 Å². The summed E-state index contributed by atoms with van der Waals surface area (Å²) < 4.78 is 59.4. The molecule has 0 saturated carbocycles. The van der Waals surface area contributed by atoms with Crippen LogP contribution in [0.25, 0.3) is 0 Å². The zero-order valence-electron chi connectivity index (χ0n) is 16.8. The minimum atomic E-state index is -3.88.